The van der Waals surface area contributed by atoms with Crippen LogP contribution in [0.3, 0.4) is 0 Å². The van der Waals surface area contributed by atoms with E-state index in [1.807, 2.05) is 30.5 Å². The molecule has 0 unspecified atom stereocenters. The minimum Gasteiger partial charge on any atom is -0.507 e. The molecular weight excluding hydrogens is 298 g/mol. The van der Waals surface area contributed by atoms with Gasteiger partial charge in [0.05, 0.1) is 11.1 Å². The van der Waals surface area contributed by atoms with Gasteiger partial charge in [-0.1, -0.05) is 61.5 Å². The van der Waals surface area contributed by atoms with Crippen molar-refractivity contribution in [2.75, 3.05) is 0 Å². The van der Waals surface area contributed by atoms with E-state index in [9.17, 15) is 9.90 Å². The van der Waals surface area contributed by atoms with Gasteiger partial charge in [0.25, 0.3) is 5.56 Å². The Morgan fingerprint density at radius 3 is 2.12 bits per heavy atom. The topological polar surface area (TPSA) is 42.2 Å². The third-order valence-electron chi connectivity index (χ3n) is 4.35. The fraction of sp³-hybridized carbons (Fsp3) is 0.571. The van der Waals surface area contributed by atoms with Crippen LogP contribution in [-0.4, -0.2) is 9.67 Å². The quantitative estimate of drug-likeness (QED) is 0.825. The molecule has 0 saturated heterocycles. The van der Waals surface area contributed by atoms with Crippen molar-refractivity contribution in [3.05, 3.63) is 39.7 Å². The summed E-state index contributed by atoms with van der Waals surface area (Å²) in [5, 5.41) is 11.6. The van der Waals surface area contributed by atoms with Gasteiger partial charge >= 0.3 is 0 Å². The summed E-state index contributed by atoms with van der Waals surface area (Å²) in [5.41, 5.74) is 2.37. The molecule has 0 saturated carbocycles. The van der Waals surface area contributed by atoms with E-state index in [1.165, 1.54) is 0 Å². The number of benzene rings is 1. The summed E-state index contributed by atoms with van der Waals surface area (Å²) in [5.74, 6) is 0.118. The lowest BCUT2D eigenvalue weighted by molar-refractivity contribution is 0.342. The van der Waals surface area contributed by atoms with Crippen LogP contribution in [0.5, 0.6) is 5.75 Å². The van der Waals surface area contributed by atoms with Gasteiger partial charge in [0.15, 0.2) is 0 Å². The highest BCUT2D eigenvalue weighted by atomic mass is 16.3. The zero-order chi connectivity index (χ0) is 18.4. The summed E-state index contributed by atoms with van der Waals surface area (Å²) in [6, 6.07) is 6.08. The Balaban J connectivity index is 2.92. The molecule has 3 nitrogen and oxygen atoms in total. The summed E-state index contributed by atoms with van der Waals surface area (Å²) in [4.78, 5) is 13.0. The number of nitrogens with zero attached hydrogens (tertiary/aromatic N) is 1. The van der Waals surface area contributed by atoms with Crippen molar-refractivity contribution in [2.45, 2.75) is 73.3 Å². The van der Waals surface area contributed by atoms with E-state index in [2.05, 4.69) is 47.6 Å². The van der Waals surface area contributed by atoms with Gasteiger partial charge in [-0.3, -0.25) is 4.79 Å². The Morgan fingerprint density at radius 2 is 1.67 bits per heavy atom. The number of aromatic nitrogens is 1. The molecule has 0 amide bonds. The fourth-order valence-corrected chi connectivity index (χ4v) is 3.08. The lowest BCUT2D eigenvalue weighted by Crippen LogP contribution is -2.30. The van der Waals surface area contributed by atoms with Crippen molar-refractivity contribution in [3.63, 3.8) is 0 Å². The lowest BCUT2D eigenvalue weighted by atomic mass is 9.85. The Hall–Kier alpha value is -1.77. The van der Waals surface area contributed by atoms with E-state index in [-0.39, 0.29) is 28.1 Å². The maximum atomic E-state index is 13.0. The molecule has 1 aromatic heterocycles. The minimum absolute atomic E-state index is 0.0103. The lowest BCUT2D eigenvalue weighted by Gasteiger charge is -2.25. The van der Waals surface area contributed by atoms with Crippen molar-refractivity contribution in [1.82, 2.24) is 4.57 Å². The van der Waals surface area contributed by atoms with Gasteiger partial charge in [-0.25, -0.2) is 0 Å². The van der Waals surface area contributed by atoms with Crippen LogP contribution in [0.25, 0.3) is 10.9 Å². The predicted octanol–water partition coefficient (Wildman–Crippen LogP) is 5.17. The average Bonchev–Trinajstić information content (AvgIpc) is 2.40. The van der Waals surface area contributed by atoms with Crippen molar-refractivity contribution in [3.8, 4) is 5.75 Å². The third-order valence-corrected chi connectivity index (χ3v) is 4.35. The average molecular weight is 329 g/mol. The largest absolute Gasteiger partial charge is 0.507 e. The van der Waals surface area contributed by atoms with Crippen LogP contribution in [0.1, 0.15) is 72.4 Å². The molecule has 0 fully saturated rings. The molecule has 132 valence electrons. The zero-order valence-corrected chi connectivity index (χ0v) is 16.3. The molecule has 2 aromatic rings. The number of fused-ring (bicyclic) bond motifs is 1. The zero-order valence-electron chi connectivity index (χ0n) is 16.3. The number of hydrogen-bond acceptors (Lipinski definition) is 2. The van der Waals surface area contributed by atoms with Gasteiger partial charge in [-0.15, -0.1) is 0 Å². The Bertz CT molecular complexity index is 815. The third kappa shape index (κ3) is 3.50. The SMILES string of the molecule is CC(C)c1c(O)c2cc(C(C)(C)C)ccc2n(CC(C)(C)C)c1=O. The first kappa shape index (κ1) is 18.6. The molecule has 0 atom stereocenters. The predicted molar refractivity (Wildman–Crippen MR) is 102 cm³/mol. The molecule has 2 rings (SSSR count). The van der Waals surface area contributed by atoms with E-state index < -0.39 is 0 Å². The van der Waals surface area contributed by atoms with Crippen LogP contribution < -0.4 is 5.56 Å². The highest BCUT2D eigenvalue weighted by molar-refractivity contribution is 5.87. The van der Waals surface area contributed by atoms with Gasteiger partial charge in [-0.2, -0.15) is 0 Å². The van der Waals surface area contributed by atoms with Gasteiger partial charge in [-0.05, 0) is 34.4 Å². The van der Waals surface area contributed by atoms with Crippen molar-refractivity contribution >= 4 is 10.9 Å². The van der Waals surface area contributed by atoms with E-state index >= 15 is 0 Å². The molecule has 1 aromatic carbocycles. The van der Waals surface area contributed by atoms with E-state index in [0.717, 1.165) is 16.5 Å². The number of pyridine rings is 1. The second-order valence-corrected chi connectivity index (χ2v) is 9.35. The molecule has 24 heavy (non-hydrogen) atoms. The number of rotatable bonds is 2. The monoisotopic (exact) mass is 329 g/mol. The van der Waals surface area contributed by atoms with E-state index in [1.54, 1.807) is 0 Å². The molecule has 1 heterocycles. The molecule has 0 aliphatic heterocycles. The highest BCUT2D eigenvalue weighted by Crippen LogP contribution is 2.34. The van der Waals surface area contributed by atoms with Crippen LogP contribution in [0.15, 0.2) is 23.0 Å². The molecule has 0 aliphatic carbocycles. The highest BCUT2D eigenvalue weighted by Gasteiger charge is 2.23. The Morgan fingerprint density at radius 1 is 1.08 bits per heavy atom. The van der Waals surface area contributed by atoms with Gasteiger partial charge < -0.3 is 9.67 Å². The summed E-state index contributed by atoms with van der Waals surface area (Å²) in [6.45, 7) is 17.4. The van der Waals surface area contributed by atoms with Crippen molar-refractivity contribution < 1.29 is 5.11 Å². The van der Waals surface area contributed by atoms with Crippen LogP contribution >= 0.6 is 0 Å². The molecule has 3 heteroatoms. The first-order chi connectivity index (χ1) is 10.8. The van der Waals surface area contributed by atoms with Crippen LogP contribution in [0.4, 0.5) is 0 Å². The number of hydrogen-bond donors (Lipinski definition) is 1. The van der Waals surface area contributed by atoms with E-state index in [4.69, 9.17) is 0 Å². The van der Waals surface area contributed by atoms with Gasteiger partial charge in [0.1, 0.15) is 5.75 Å². The molecule has 0 radical (unpaired) electrons. The van der Waals surface area contributed by atoms with Crippen LogP contribution in [0.2, 0.25) is 0 Å². The summed E-state index contributed by atoms with van der Waals surface area (Å²) in [7, 11) is 0. The second kappa shape index (κ2) is 5.94. The Kier molecular flexibility index (Phi) is 4.60. The summed E-state index contributed by atoms with van der Waals surface area (Å²) >= 11 is 0. The van der Waals surface area contributed by atoms with Crippen LogP contribution in [-0.2, 0) is 12.0 Å². The standard InChI is InChI=1S/C21H31NO2/c1-13(2)17-18(23)15-11-14(21(6,7)8)9-10-16(15)22(19(17)24)12-20(3,4)5/h9-11,13,23H,12H2,1-8H3. The molecule has 0 spiro atoms. The molecular formula is C21H31NO2. The first-order valence-electron chi connectivity index (χ1n) is 8.73. The Labute approximate surface area is 145 Å². The van der Waals surface area contributed by atoms with Crippen LogP contribution in [0, 0.1) is 5.41 Å². The van der Waals surface area contributed by atoms with Gasteiger partial charge in [0.2, 0.25) is 0 Å². The number of aromatic hydroxyl groups is 1. The fourth-order valence-electron chi connectivity index (χ4n) is 3.08. The first-order valence-corrected chi connectivity index (χ1v) is 8.73. The minimum atomic E-state index is -0.0755. The van der Waals surface area contributed by atoms with Crippen molar-refractivity contribution in [1.29, 1.82) is 0 Å². The second-order valence-electron chi connectivity index (χ2n) is 9.35. The summed E-state index contributed by atoms with van der Waals surface area (Å²) < 4.78 is 1.83. The molecule has 1 N–H and O–H groups in total. The maximum absolute atomic E-state index is 13.0. The smallest absolute Gasteiger partial charge is 0.258 e. The molecule has 0 aliphatic rings. The molecule has 0 bridgehead atoms. The normalized spacial score (nSPS) is 13.0. The maximum Gasteiger partial charge on any atom is 0.258 e. The van der Waals surface area contributed by atoms with E-state index in [0.29, 0.717) is 12.1 Å². The van der Waals surface area contributed by atoms with Gasteiger partial charge in [0, 0.05) is 11.9 Å². The summed E-state index contributed by atoms with van der Waals surface area (Å²) in [6.07, 6.45) is 0. The van der Waals surface area contributed by atoms with Crippen molar-refractivity contribution in [2.24, 2.45) is 5.41 Å².